The molecule has 1 heterocycles. The van der Waals surface area contributed by atoms with Gasteiger partial charge in [0.05, 0.1) is 18.3 Å². The highest BCUT2D eigenvalue weighted by Gasteiger charge is 2.81. The Morgan fingerprint density at radius 2 is 1.91 bits per heavy atom. The minimum absolute atomic E-state index is 0.0413. The summed E-state index contributed by atoms with van der Waals surface area (Å²) in [6, 6.07) is 0. The van der Waals surface area contributed by atoms with E-state index in [4.69, 9.17) is 14.6 Å². The molecule has 3 fully saturated rings. The zero-order chi connectivity index (χ0) is 24.3. The Bertz CT molecular complexity index is 801. The summed E-state index contributed by atoms with van der Waals surface area (Å²) in [5.74, 6) is -1.33. The zero-order valence-electron chi connectivity index (χ0n) is 19.6. The van der Waals surface area contributed by atoms with Gasteiger partial charge in [-0.15, -0.1) is 6.58 Å². The number of nitrogens with one attached hydrogen (secondary N) is 1. The average Bonchev–Trinajstić information content (AvgIpc) is 2.71. The van der Waals surface area contributed by atoms with Gasteiger partial charge in [0.15, 0.2) is 11.4 Å². The number of amides is 1. The van der Waals surface area contributed by atoms with Gasteiger partial charge in [0.2, 0.25) is 0 Å². The summed E-state index contributed by atoms with van der Waals surface area (Å²) in [5.41, 5.74) is -7.39. The quantitative estimate of drug-likeness (QED) is 0.389. The largest absolute Gasteiger partial charge is 0.443 e. The Hall–Kier alpha value is -1.52. The van der Waals surface area contributed by atoms with Crippen LogP contribution in [0.5, 0.6) is 0 Å². The predicted octanol–water partition coefficient (Wildman–Crippen LogP) is 0.675. The van der Waals surface area contributed by atoms with Gasteiger partial charge in [-0.1, -0.05) is 26.8 Å². The molecule has 2 aliphatic carbocycles. The fourth-order valence-corrected chi connectivity index (χ4v) is 6.73. The van der Waals surface area contributed by atoms with Crippen LogP contribution >= 0.6 is 0 Å². The van der Waals surface area contributed by atoms with Crippen LogP contribution in [-0.2, 0) is 14.3 Å². The molecule has 0 aromatic rings. The highest BCUT2D eigenvalue weighted by atomic mass is 16.6. The van der Waals surface area contributed by atoms with Crippen LogP contribution in [0.25, 0.3) is 0 Å². The van der Waals surface area contributed by atoms with E-state index >= 15 is 0 Å². The first-order valence-corrected chi connectivity index (χ1v) is 11.2. The van der Waals surface area contributed by atoms with Gasteiger partial charge in [-0.3, -0.25) is 4.79 Å². The maximum Gasteiger partial charge on any atom is 0.407 e. The lowest BCUT2D eigenvalue weighted by Gasteiger charge is -2.71. The number of carbonyl (C=O) groups is 2. The van der Waals surface area contributed by atoms with Crippen molar-refractivity contribution in [2.24, 2.45) is 16.7 Å². The molecular weight excluding hydrogens is 418 g/mol. The van der Waals surface area contributed by atoms with Crippen LogP contribution in [0.1, 0.15) is 53.9 Å². The number of ketones is 1. The molecule has 182 valence electrons. The molecule has 1 amide bonds. The second kappa shape index (κ2) is 7.77. The molecule has 0 unspecified atom stereocenters. The molecule has 1 saturated heterocycles. The summed E-state index contributed by atoms with van der Waals surface area (Å²) in [4.78, 5) is 26.1. The molecule has 0 aromatic heterocycles. The van der Waals surface area contributed by atoms with Crippen LogP contribution in [0, 0.1) is 16.7 Å². The van der Waals surface area contributed by atoms with Gasteiger partial charge in [-0.25, -0.2) is 4.79 Å². The van der Waals surface area contributed by atoms with Crippen molar-refractivity contribution in [2.45, 2.75) is 89.0 Å². The lowest BCUT2D eigenvalue weighted by Crippen LogP contribution is -2.86. The van der Waals surface area contributed by atoms with Crippen molar-refractivity contribution in [3.8, 4) is 0 Å². The number of rotatable bonds is 4. The van der Waals surface area contributed by atoms with Crippen LogP contribution in [0.2, 0.25) is 0 Å². The van der Waals surface area contributed by atoms with Gasteiger partial charge in [0, 0.05) is 24.3 Å². The molecule has 32 heavy (non-hydrogen) atoms. The number of aliphatic hydroxyl groups is 4. The third-order valence-corrected chi connectivity index (χ3v) is 8.36. The number of hydrogen-bond acceptors (Lipinski definition) is 8. The van der Waals surface area contributed by atoms with Gasteiger partial charge < -0.3 is 35.2 Å². The van der Waals surface area contributed by atoms with Crippen LogP contribution in [0.15, 0.2) is 12.7 Å². The van der Waals surface area contributed by atoms with E-state index in [2.05, 4.69) is 11.9 Å². The zero-order valence-corrected chi connectivity index (χ0v) is 19.6. The van der Waals surface area contributed by atoms with E-state index in [1.165, 1.54) is 13.0 Å². The smallest absolute Gasteiger partial charge is 0.407 e. The molecule has 5 N–H and O–H groups in total. The Kier molecular flexibility index (Phi) is 6.10. The number of carbonyl (C=O) groups excluding carboxylic acids is 2. The van der Waals surface area contributed by atoms with Crippen molar-refractivity contribution in [3.63, 3.8) is 0 Å². The standard InChI is InChI=1S/C23H37NO8/c1-7-20(4)12-14(27)23(30)21(5)13(26)8-9-19(2,3)16(21)15(17(28)22(23,6)32-20)31-18(29)24-10-11-25/h7,13,15-17,25-26,28,30H,1,8-12H2,2-6H3,(H,24,29)/t13-,15-,16-,17-,20-,21-,22+,23-/m0/s1. The number of Topliss-reactive ketones (excluding diaryl/α,β-unsaturated/α-hetero) is 1. The third-order valence-electron chi connectivity index (χ3n) is 8.36. The van der Waals surface area contributed by atoms with Crippen LogP contribution in [0.4, 0.5) is 4.79 Å². The Morgan fingerprint density at radius 1 is 1.28 bits per heavy atom. The lowest BCUT2D eigenvalue weighted by atomic mass is 9.40. The highest BCUT2D eigenvalue weighted by molar-refractivity contribution is 5.92. The first-order chi connectivity index (χ1) is 14.6. The third kappa shape index (κ3) is 3.16. The summed E-state index contributed by atoms with van der Waals surface area (Å²) in [5, 5.41) is 46.4. The number of aliphatic hydroxyl groups excluding tert-OH is 3. The molecule has 9 heteroatoms. The van der Waals surface area contributed by atoms with Crippen LogP contribution < -0.4 is 5.32 Å². The molecular formula is C23H37NO8. The average molecular weight is 456 g/mol. The van der Waals surface area contributed by atoms with Gasteiger partial charge in [-0.05, 0) is 32.1 Å². The number of alkyl carbamates (subject to hydrolysis) is 1. The fourth-order valence-electron chi connectivity index (χ4n) is 6.73. The van der Waals surface area contributed by atoms with Crippen LogP contribution in [-0.4, -0.2) is 80.6 Å². The first kappa shape index (κ1) is 25.1. The Labute approximate surface area is 188 Å². The SMILES string of the molecule is C=C[C@@]1(C)CC(=O)[C@]2(O)[C@@]3(C)[C@@H](O)CCC(C)(C)[C@@H]3[C@H](OC(=O)NCCO)[C@H](O)[C@@]2(C)O1. The van der Waals surface area contributed by atoms with E-state index in [1.54, 1.807) is 13.8 Å². The van der Waals surface area contributed by atoms with E-state index in [0.717, 1.165) is 0 Å². The molecule has 2 saturated carbocycles. The van der Waals surface area contributed by atoms with Gasteiger partial charge >= 0.3 is 6.09 Å². The van der Waals surface area contributed by atoms with E-state index in [0.29, 0.717) is 12.8 Å². The van der Waals surface area contributed by atoms with Crippen molar-refractivity contribution < 1.29 is 39.5 Å². The Balaban J connectivity index is 2.22. The second-order valence-electron chi connectivity index (χ2n) is 10.8. The Morgan fingerprint density at radius 3 is 2.47 bits per heavy atom. The number of hydrogen-bond donors (Lipinski definition) is 5. The molecule has 9 nitrogen and oxygen atoms in total. The maximum absolute atomic E-state index is 13.6. The molecule has 0 bridgehead atoms. The molecule has 3 rings (SSSR count). The van der Waals surface area contributed by atoms with Crippen molar-refractivity contribution in [1.29, 1.82) is 0 Å². The molecule has 8 atom stereocenters. The van der Waals surface area contributed by atoms with E-state index in [1.807, 2.05) is 13.8 Å². The van der Waals surface area contributed by atoms with Crippen molar-refractivity contribution in [1.82, 2.24) is 5.32 Å². The van der Waals surface area contributed by atoms with Crippen molar-refractivity contribution in [2.75, 3.05) is 13.2 Å². The van der Waals surface area contributed by atoms with E-state index < -0.39 is 63.7 Å². The normalized spacial score (nSPS) is 47.7. The van der Waals surface area contributed by atoms with E-state index in [9.17, 15) is 24.9 Å². The number of ether oxygens (including phenoxy) is 2. The molecule has 0 radical (unpaired) electrons. The van der Waals surface area contributed by atoms with E-state index in [-0.39, 0.29) is 19.6 Å². The number of fused-ring (bicyclic) bond motifs is 3. The summed E-state index contributed by atoms with van der Waals surface area (Å²) in [6.07, 6.45) is -2.62. The second-order valence-corrected chi connectivity index (χ2v) is 10.8. The lowest BCUT2D eigenvalue weighted by molar-refractivity contribution is -0.369. The molecule has 0 aromatic carbocycles. The fraction of sp³-hybridized carbons (Fsp3) is 0.826. The minimum Gasteiger partial charge on any atom is -0.443 e. The monoisotopic (exact) mass is 455 g/mol. The molecule has 0 spiro atoms. The summed E-state index contributed by atoms with van der Waals surface area (Å²) < 4.78 is 11.9. The van der Waals surface area contributed by atoms with Gasteiger partial charge in [0.25, 0.3) is 0 Å². The summed E-state index contributed by atoms with van der Waals surface area (Å²) in [6.45, 7) is 11.9. The highest BCUT2D eigenvalue weighted by Crippen LogP contribution is 2.67. The molecule has 3 aliphatic rings. The minimum atomic E-state index is -2.24. The van der Waals surface area contributed by atoms with Crippen molar-refractivity contribution in [3.05, 3.63) is 12.7 Å². The summed E-state index contributed by atoms with van der Waals surface area (Å²) in [7, 11) is 0. The predicted molar refractivity (Wildman–Crippen MR) is 115 cm³/mol. The summed E-state index contributed by atoms with van der Waals surface area (Å²) >= 11 is 0. The molecule has 1 aliphatic heterocycles. The first-order valence-electron chi connectivity index (χ1n) is 11.2. The van der Waals surface area contributed by atoms with Crippen molar-refractivity contribution >= 4 is 11.9 Å². The van der Waals surface area contributed by atoms with Gasteiger partial charge in [0.1, 0.15) is 17.8 Å². The maximum atomic E-state index is 13.6. The van der Waals surface area contributed by atoms with Crippen LogP contribution in [0.3, 0.4) is 0 Å². The topological polar surface area (TPSA) is 146 Å². The van der Waals surface area contributed by atoms with Gasteiger partial charge in [-0.2, -0.15) is 0 Å².